The van der Waals surface area contributed by atoms with Gasteiger partial charge < -0.3 is 9.64 Å². The van der Waals surface area contributed by atoms with E-state index in [1.165, 1.54) is 10.6 Å². The van der Waals surface area contributed by atoms with Crippen molar-refractivity contribution in [3.05, 3.63) is 34.8 Å². The average molecular weight is 294 g/mol. The van der Waals surface area contributed by atoms with Gasteiger partial charge in [0.2, 0.25) is 0 Å². The van der Waals surface area contributed by atoms with Gasteiger partial charge in [0, 0.05) is 43.1 Å². The van der Waals surface area contributed by atoms with E-state index in [1.807, 2.05) is 14.1 Å². The molecule has 0 saturated heterocycles. The summed E-state index contributed by atoms with van der Waals surface area (Å²) in [4.78, 5) is 7.91. The molecule has 0 unspecified atom stereocenters. The van der Waals surface area contributed by atoms with Crippen LogP contribution in [0, 0.1) is 0 Å². The molecule has 0 spiro atoms. The molecule has 1 heterocycles. The quantitative estimate of drug-likeness (QED) is 0.855. The zero-order chi connectivity index (χ0) is 13.8. The number of methoxy groups -OCH3 is 1. The number of hydrogen-bond acceptors (Lipinski definition) is 5. The number of aromatic nitrogens is 1. The molecule has 3 nitrogen and oxygen atoms in total. The lowest BCUT2D eigenvalue weighted by Gasteiger charge is -2.11. The number of thiol groups is 1. The van der Waals surface area contributed by atoms with E-state index >= 15 is 0 Å². The Morgan fingerprint density at radius 2 is 1.95 bits per heavy atom. The van der Waals surface area contributed by atoms with Crippen LogP contribution in [0.2, 0.25) is 0 Å². The Balaban J connectivity index is 2.30. The van der Waals surface area contributed by atoms with E-state index in [-0.39, 0.29) is 0 Å². The van der Waals surface area contributed by atoms with Gasteiger partial charge in [-0.15, -0.1) is 11.3 Å². The third-order valence-electron chi connectivity index (χ3n) is 2.83. The minimum Gasteiger partial charge on any atom is -0.378 e. The Kier molecular flexibility index (Phi) is 4.85. The highest BCUT2D eigenvalue weighted by Crippen LogP contribution is 2.30. The maximum atomic E-state index is 5.17. The molecule has 0 amide bonds. The van der Waals surface area contributed by atoms with E-state index in [1.54, 1.807) is 18.4 Å². The van der Waals surface area contributed by atoms with Crippen LogP contribution in [0.25, 0.3) is 10.6 Å². The Morgan fingerprint density at radius 3 is 2.47 bits per heavy atom. The molecular weight excluding hydrogens is 276 g/mol. The molecular formula is C14H18N2OS2. The predicted molar refractivity (Wildman–Crippen MR) is 85.3 cm³/mol. The minimum absolute atomic E-state index is 0.544. The molecule has 0 aliphatic heterocycles. The van der Waals surface area contributed by atoms with Crippen LogP contribution in [0.4, 0.5) is 5.69 Å². The fraction of sp³-hybridized carbons (Fsp3) is 0.357. The Bertz CT molecular complexity index is 535. The molecule has 2 aromatic rings. The maximum absolute atomic E-state index is 5.17. The second kappa shape index (κ2) is 6.41. The van der Waals surface area contributed by atoms with Crippen LogP contribution in [-0.4, -0.2) is 26.2 Å². The summed E-state index contributed by atoms with van der Waals surface area (Å²) >= 11 is 6.04. The third kappa shape index (κ3) is 3.29. The zero-order valence-electron chi connectivity index (χ0n) is 11.4. The van der Waals surface area contributed by atoms with E-state index in [0.29, 0.717) is 12.4 Å². The molecule has 102 valence electrons. The van der Waals surface area contributed by atoms with Crippen LogP contribution in [0.15, 0.2) is 24.3 Å². The fourth-order valence-electron chi connectivity index (χ4n) is 1.78. The van der Waals surface area contributed by atoms with Gasteiger partial charge in [0.05, 0.1) is 12.3 Å². The number of ether oxygens (including phenoxy) is 1. The molecule has 0 atom stereocenters. The molecule has 0 saturated carbocycles. The summed E-state index contributed by atoms with van der Waals surface area (Å²) < 4.78 is 5.17. The first kappa shape index (κ1) is 14.4. The molecule has 0 fully saturated rings. The molecule has 0 aliphatic carbocycles. The summed E-state index contributed by atoms with van der Waals surface area (Å²) in [6, 6.07) is 8.42. The first-order chi connectivity index (χ1) is 9.15. The topological polar surface area (TPSA) is 25.4 Å². The van der Waals surface area contributed by atoms with Gasteiger partial charge in [-0.3, -0.25) is 0 Å². The SMILES string of the molecule is COCc1nc(-c2ccc(N(C)C)cc2)sc1CS. The number of thiazole rings is 1. The maximum Gasteiger partial charge on any atom is 0.124 e. The van der Waals surface area contributed by atoms with Crippen molar-refractivity contribution in [2.75, 3.05) is 26.1 Å². The van der Waals surface area contributed by atoms with E-state index in [0.717, 1.165) is 16.3 Å². The van der Waals surface area contributed by atoms with Gasteiger partial charge in [-0.1, -0.05) is 0 Å². The molecule has 5 heteroatoms. The van der Waals surface area contributed by atoms with E-state index in [2.05, 4.69) is 46.8 Å². The van der Waals surface area contributed by atoms with Crippen molar-refractivity contribution < 1.29 is 4.74 Å². The zero-order valence-corrected chi connectivity index (χ0v) is 13.1. The lowest BCUT2D eigenvalue weighted by atomic mass is 10.2. The van der Waals surface area contributed by atoms with Gasteiger partial charge >= 0.3 is 0 Å². The Hall–Kier alpha value is -1.04. The second-order valence-electron chi connectivity index (χ2n) is 4.42. The second-order valence-corrected chi connectivity index (χ2v) is 5.82. The molecule has 0 radical (unpaired) electrons. The number of rotatable bonds is 5. The summed E-state index contributed by atoms with van der Waals surface area (Å²) in [6.07, 6.45) is 0. The molecule has 0 bridgehead atoms. The molecule has 2 rings (SSSR count). The summed E-state index contributed by atoms with van der Waals surface area (Å²) in [5.41, 5.74) is 3.32. The summed E-state index contributed by atoms with van der Waals surface area (Å²) in [6.45, 7) is 0.544. The first-order valence-corrected chi connectivity index (χ1v) is 7.46. The number of nitrogens with zero attached hydrogens (tertiary/aromatic N) is 2. The van der Waals surface area contributed by atoms with Gasteiger partial charge in [-0.2, -0.15) is 12.6 Å². The monoisotopic (exact) mass is 294 g/mol. The van der Waals surface area contributed by atoms with E-state index in [9.17, 15) is 0 Å². The Morgan fingerprint density at radius 1 is 1.26 bits per heavy atom. The van der Waals surface area contributed by atoms with Crippen LogP contribution in [0.3, 0.4) is 0 Å². The van der Waals surface area contributed by atoms with Crippen molar-refractivity contribution in [2.45, 2.75) is 12.4 Å². The van der Waals surface area contributed by atoms with Crippen molar-refractivity contribution in [1.29, 1.82) is 0 Å². The van der Waals surface area contributed by atoms with Gasteiger partial charge in [0.15, 0.2) is 0 Å². The number of hydrogen-bond donors (Lipinski definition) is 1. The van der Waals surface area contributed by atoms with Crippen molar-refractivity contribution in [3.63, 3.8) is 0 Å². The van der Waals surface area contributed by atoms with E-state index in [4.69, 9.17) is 4.74 Å². The van der Waals surface area contributed by atoms with Crippen molar-refractivity contribution in [2.24, 2.45) is 0 Å². The van der Waals surface area contributed by atoms with E-state index < -0.39 is 0 Å². The van der Waals surface area contributed by atoms with Gasteiger partial charge in [-0.25, -0.2) is 4.98 Å². The molecule has 0 N–H and O–H groups in total. The Labute approximate surface area is 123 Å². The molecule has 1 aromatic heterocycles. The van der Waals surface area contributed by atoms with Crippen LogP contribution >= 0.6 is 24.0 Å². The highest BCUT2D eigenvalue weighted by Gasteiger charge is 2.11. The molecule has 0 aliphatic rings. The normalized spacial score (nSPS) is 10.7. The smallest absolute Gasteiger partial charge is 0.124 e. The van der Waals surface area contributed by atoms with Gasteiger partial charge in [-0.05, 0) is 24.3 Å². The highest BCUT2D eigenvalue weighted by molar-refractivity contribution is 7.79. The number of benzene rings is 1. The van der Waals surface area contributed by atoms with Crippen molar-refractivity contribution >= 4 is 29.7 Å². The van der Waals surface area contributed by atoms with Crippen LogP contribution in [0.1, 0.15) is 10.6 Å². The largest absolute Gasteiger partial charge is 0.378 e. The van der Waals surface area contributed by atoms with Crippen LogP contribution in [-0.2, 0) is 17.1 Å². The van der Waals surface area contributed by atoms with Gasteiger partial charge in [0.25, 0.3) is 0 Å². The summed E-state index contributed by atoms with van der Waals surface area (Å²) in [5, 5.41) is 1.03. The first-order valence-electron chi connectivity index (χ1n) is 6.02. The van der Waals surface area contributed by atoms with Gasteiger partial charge in [0.1, 0.15) is 5.01 Å². The highest BCUT2D eigenvalue weighted by atomic mass is 32.1. The third-order valence-corrected chi connectivity index (χ3v) is 4.51. The summed E-state index contributed by atoms with van der Waals surface area (Å²) in [7, 11) is 5.76. The molecule has 1 aromatic carbocycles. The van der Waals surface area contributed by atoms with Crippen LogP contribution in [0.5, 0.6) is 0 Å². The lowest BCUT2D eigenvalue weighted by molar-refractivity contribution is 0.181. The number of anilines is 1. The van der Waals surface area contributed by atoms with Crippen LogP contribution < -0.4 is 4.90 Å². The predicted octanol–water partition coefficient (Wildman–Crippen LogP) is 3.45. The van der Waals surface area contributed by atoms with Crippen molar-refractivity contribution in [3.8, 4) is 10.6 Å². The lowest BCUT2D eigenvalue weighted by Crippen LogP contribution is -2.07. The average Bonchev–Trinajstić information content (AvgIpc) is 2.82. The fourth-order valence-corrected chi connectivity index (χ4v) is 3.09. The van der Waals surface area contributed by atoms with Crippen molar-refractivity contribution in [1.82, 2.24) is 4.98 Å². The standard InChI is InChI=1S/C14H18N2OS2/c1-16(2)11-6-4-10(5-7-11)14-15-12(8-17-3)13(9-18)19-14/h4-7,18H,8-9H2,1-3H3. The molecule has 19 heavy (non-hydrogen) atoms. The summed E-state index contributed by atoms with van der Waals surface area (Å²) in [5.74, 6) is 0.701. The minimum atomic E-state index is 0.544.